The van der Waals surface area contributed by atoms with Crippen LogP contribution in [0.15, 0.2) is 48.5 Å². The van der Waals surface area contributed by atoms with E-state index in [-0.39, 0.29) is 0 Å². The Morgan fingerprint density at radius 3 is 2.48 bits per heavy atom. The molecule has 0 atom stereocenters. The highest BCUT2D eigenvalue weighted by Crippen LogP contribution is 2.33. The van der Waals surface area contributed by atoms with E-state index >= 15 is 0 Å². The Labute approximate surface area is 147 Å². The standard InChI is InChI=1S/C21H20N2O2/c1-14-15(2)22-21(12-16-6-4-3-5-7-16)23-18(14)10-17-8-9-19-20(11-17)25-13-24-19/h3-9,11H,10,12-13H2,1-2H3. The van der Waals surface area contributed by atoms with Gasteiger partial charge >= 0.3 is 0 Å². The molecule has 0 fully saturated rings. The second-order valence-electron chi connectivity index (χ2n) is 6.32. The first kappa shape index (κ1) is 15.6. The minimum absolute atomic E-state index is 0.297. The van der Waals surface area contributed by atoms with Crippen LogP contribution >= 0.6 is 0 Å². The molecule has 25 heavy (non-hydrogen) atoms. The summed E-state index contributed by atoms with van der Waals surface area (Å²) >= 11 is 0. The fourth-order valence-corrected chi connectivity index (χ4v) is 3.02. The van der Waals surface area contributed by atoms with Crippen molar-refractivity contribution in [3.05, 3.63) is 82.4 Å². The lowest BCUT2D eigenvalue weighted by Gasteiger charge is -2.11. The first-order chi connectivity index (χ1) is 12.2. The number of rotatable bonds is 4. The van der Waals surface area contributed by atoms with E-state index in [2.05, 4.69) is 37.0 Å². The van der Waals surface area contributed by atoms with Gasteiger partial charge in [0.25, 0.3) is 0 Å². The fourth-order valence-electron chi connectivity index (χ4n) is 3.02. The number of nitrogens with zero attached hydrogens (tertiary/aromatic N) is 2. The fraction of sp³-hybridized carbons (Fsp3) is 0.238. The molecule has 1 aliphatic rings. The van der Waals surface area contributed by atoms with Crippen LogP contribution in [0, 0.1) is 13.8 Å². The molecule has 126 valence electrons. The van der Waals surface area contributed by atoms with Crippen LogP contribution < -0.4 is 9.47 Å². The molecule has 0 saturated heterocycles. The molecule has 4 heteroatoms. The smallest absolute Gasteiger partial charge is 0.231 e. The lowest BCUT2D eigenvalue weighted by atomic mass is 10.0. The zero-order valence-electron chi connectivity index (χ0n) is 14.5. The highest BCUT2D eigenvalue weighted by atomic mass is 16.7. The van der Waals surface area contributed by atoms with E-state index in [1.807, 2.05) is 30.3 Å². The molecule has 1 aliphatic heterocycles. The average molecular weight is 332 g/mol. The summed E-state index contributed by atoms with van der Waals surface area (Å²) in [5.41, 5.74) is 5.64. The van der Waals surface area contributed by atoms with E-state index in [0.29, 0.717) is 6.79 Å². The van der Waals surface area contributed by atoms with Gasteiger partial charge in [-0.2, -0.15) is 0 Å². The maximum atomic E-state index is 5.48. The van der Waals surface area contributed by atoms with Gasteiger partial charge in [-0.25, -0.2) is 9.97 Å². The van der Waals surface area contributed by atoms with Gasteiger partial charge in [0.05, 0.1) is 5.69 Å². The number of fused-ring (bicyclic) bond motifs is 1. The third kappa shape index (κ3) is 3.33. The van der Waals surface area contributed by atoms with Crippen molar-refractivity contribution in [2.75, 3.05) is 6.79 Å². The first-order valence-electron chi connectivity index (χ1n) is 8.44. The molecule has 2 heterocycles. The Hall–Kier alpha value is -2.88. The molecule has 0 radical (unpaired) electrons. The van der Waals surface area contributed by atoms with Crippen molar-refractivity contribution in [1.82, 2.24) is 9.97 Å². The van der Waals surface area contributed by atoms with Crippen LogP contribution in [-0.4, -0.2) is 16.8 Å². The van der Waals surface area contributed by atoms with Crippen LogP contribution in [-0.2, 0) is 12.8 Å². The molecule has 4 nitrogen and oxygen atoms in total. The van der Waals surface area contributed by atoms with Crippen molar-refractivity contribution in [1.29, 1.82) is 0 Å². The molecule has 0 N–H and O–H groups in total. The zero-order valence-corrected chi connectivity index (χ0v) is 14.5. The second-order valence-corrected chi connectivity index (χ2v) is 6.32. The van der Waals surface area contributed by atoms with Gasteiger partial charge in [0.15, 0.2) is 11.5 Å². The molecule has 2 aromatic carbocycles. The quantitative estimate of drug-likeness (QED) is 0.724. The second kappa shape index (κ2) is 6.55. The molecule has 0 saturated carbocycles. The Balaban J connectivity index is 1.62. The van der Waals surface area contributed by atoms with E-state index in [1.54, 1.807) is 0 Å². The molecule has 0 unspecified atom stereocenters. The van der Waals surface area contributed by atoms with Crippen LogP contribution in [0.25, 0.3) is 0 Å². The topological polar surface area (TPSA) is 44.2 Å². The minimum atomic E-state index is 0.297. The van der Waals surface area contributed by atoms with Crippen molar-refractivity contribution in [2.24, 2.45) is 0 Å². The number of aryl methyl sites for hydroxylation is 1. The molecular weight excluding hydrogens is 312 g/mol. The van der Waals surface area contributed by atoms with Crippen LogP contribution in [0.5, 0.6) is 11.5 Å². The van der Waals surface area contributed by atoms with Gasteiger partial charge in [0.1, 0.15) is 5.82 Å². The lowest BCUT2D eigenvalue weighted by Crippen LogP contribution is -2.07. The largest absolute Gasteiger partial charge is 0.454 e. The Morgan fingerprint density at radius 1 is 0.840 bits per heavy atom. The average Bonchev–Trinajstić information content (AvgIpc) is 3.08. The third-order valence-corrected chi connectivity index (χ3v) is 4.55. The monoisotopic (exact) mass is 332 g/mol. The van der Waals surface area contributed by atoms with Crippen molar-refractivity contribution in [3.63, 3.8) is 0 Å². The SMILES string of the molecule is Cc1nc(Cc2ccccc2)nc(Cc2ccc3c(c2)OCO3)c1C. The summed E-state index contributed by atoms with van der Waals surface area (Å²) in [5, 5.41) is 0. The number of hydrogen-bond acceptors (Lipinski definition) is 4. The van der Waals surface area contributed by atoms with Crippen LogP contribution in [0.1, 0.15) is 33.9 Å². The van der Waals surface area contributed by atoms with Gasteiger partial charge in [-0.15, -0.1) is 0 Å². The highest BCUT2D eigenvalue weighted by molar-refractivity contribution is 5.45. The molecule has 3 aromatic rings. The summed E-state index contributed by atoms with van der Waals surface area (Å²) < 4.78 is 10.9. The van der Waals surface area contributed by atoms with Crippen molar-refractivity contribution < 1.29 is 9.47 Å². The van der Waals surface area contributed by atoms with E-state index < -0.39 is 0 Å². The van der Waals surface area contributed by atoms with Gasteiger partial charge in [0.2, 0.25) is 6.79 Å². The Bertz CT molecular complexity index is 907. The summed E-state index contributed by atoms with van der Waals surface area (Å²) in [6.45, 7) is 4.43. The van der Waals surface area contributed by atoms with Crippen molar-refractivity contribution >= 4 is 0 Å². The van der Waals surface area contributed by atoms with E-state index in [0.717, 1.165) is 52.7 Å². The van der Waals surface area contributed by atoms with Crippen LogP contribution in [0.4, 0.5) is 0 Å². The Morgan fingerprint density at radius 2 is 1.64 bits per heavy atom. The van der Waals surface area contributed by atoms with E-state index in [9.17, 15) is 0 Å². The molecule has 1 aromatic heterocycles. The summed E-state index contributed by atoms with van der Waals surface area (Å²) in [7, 11) is 0. The summed E-state index contributed by atoms with van der Waals surface area (Å²) in [6.07, 6.45) is 1.50. The summed E-state index contributed by atoms with van der Waals surface area (Å²) in [6, 6.07) is 16.4. The Kier molecular flexibility index (Phi) is 4.10. The predicted octanol–water partition coefficient (Wildman–Crippen LogP) is 4.00. The van der Waals surface area contributed by atoms with Crippen molar-refractivity contribution in [3.8, 4) is 11.5 Å². The molecule has 4 rings (SSSR count). The van der Waals surface area contributed by atoms with E-state index in [1.165, 1.54) is 5.56 Å². The highest BCUT2D eigenvalue weighted by Gasteiger charge is 2.15. The molecule has 0 aliphatic carbocycles. The number of ether oxygens (including phenoxy) is 2. The molecule has 0 amide bonds. The first-order valence-corrected chi connectivity index (χ1v) is 8.44. The van der Waals surface area contributed by atoms with Gasteiger partial charge in [-0.3, -0.25) is 0 Å². The maximum Gasteiger partial charge on any atom is 0.231 e. The number of benzene rings is 2. The van der Waals surface area contributed by atoms with Gasteiger partial charge in [0, 0.05) is 18.5 Å². The van der Waals surface area contributed by atoms with Crippen molar-refractivity contribution in [2.45, 2.75) is 26.7 Å². The number of aromatic nitrogens is 2. The van der Waals surface area contributed by atoms with Crippen LogP contribution in [0.2, 0.25) is 0 Å². The summed E-state index contributed by atoms with van der Waals surface area (Å²) in [5.74, 6) is 2.49. The summed E-state index contributed by atoms with van der Waals surface area (Å²) in [4.78, 5) is 9.51. The van der Waals surface area contributed by atoms with Crippen LogP contribution in [0.3, 0.4) is 0 Å². The zero-order chi connectivity index (χ0) is 17.2. The lowest BCUT2D eigenvalue weighted by molar-refractivity contribution is 0.174. The molecular formula is C21H20N2O2. The van der Waals surface area contributed by atoms with Gasteiger partial charge in [-0.1, -0.05) is 36.4 Å². The molecule has 0 spiro atoms. The normalized spacial score (nSPS) is 12.4. The minimum Gasteiger partial charge on any atom is -0.454 e. The van der Waals surface area contributed by atoms with Gasteiger partial charge in [-0.05, 0) is 42.7 Å². The molecule has 0 bridgehead atoms. The predicted molar refractivity (Wildman–Crippen MR) is 96.1 cm³/mol. The van der Waals surface area contributed by atoms with Gasteiger partial charge < -0.3 is 9.47 Å². The maximum absolute atomic E-state index is 5.48. The van der Waals surface area contributed by atoms with E-state index in [4.69, 9.17) is 14.5 Å². The third-order valence-electron chi connectivity index (χ3n) is 4.55. The number of hydrogen-bond donors (Lipinski definition) is 0.